The molecular weight excluding hydrogens is 294 g/mol. The van der Waals surface area contributed by atoms with Crippen molar-refractivity contribution in [2.24, 2.45) is 0 Å². The zero-order valence-electron chi connectivity index (χ0n) is 13.4. The van der Waals surface area contributed by atoms with Crippen LogP contribution in [-0.4, -0.2) is 25.6 Å². The van der Waals surface area contributed by atoms with E-state index in [1.54, 1.807) is 36.4 Å². The minimum Gasteiger partial charge on any atom is -0.495 e. The van der Waals surface area contributed by atoms with Gasteiger partial charge in [-0.25, -0.2) is 4.79 Å². The highest BCUT2D eigenvalue weighted by Crippen LogP contribution is 2.22. The Bertz CT molecular complexity index is 725. The van der Waals surface area contributed by atoms with Crippen LogP contribution >= 0.6 is 0 Å². The first-order chi connectivity index (χ1) is 11.0. The number of nitrogens with one attached hydrogen (secondary N) is 1. The molecule has 120 valence electrons. The second-order valence-corrected chi connectivity index (χ2v) is 5.07. The summed E-state index contributed by atoms with van der Waals surface area (Å²) in [5, 5.41) is 2.65. The number of hydrogen-bond donors (Lipinski definition) is 1. The van der Waals surface area contributed by atoms with E-state index in [9.17, 15) is 9.59 Å². The van der Waals surface area contributed by atoms with E-state index in [1.165, 1.54) is 7.11 Å². The molecule has 0 aliphatic rings. The molecule has 2 rings (SSSR count). The van der Waals surface area contributed by atoms with E-state index in [1.807, 2.05) is 19.9 Å². The summed E-state index contributed by atoms with van der Waals surface area (Å²) in [7, 11) is 1.52. The predicted molar refractivity (Wildman–Crippen MR) is 87.8 cm³/mol. The van der Waals surface area contributed by atoms with Gasteiger partial charge in [-0.15, -0.1) is 0 Å². The van der Waals surface area contributed by atoms with Crippen LogP contribution in [0.3, 0.4) is 0 Å². The third kappa shape index (κ3) is 4.10. The molecule has 5 nitrogen and oxygen atoms in total. The minimum absolute atomic E-state index is 0.357. The lowest BCUT2D eigenvalue weighted by Crippen LogP contribution is -2.21. The van der Waals surface area contributed by atoms with E-state index in [4.69, 9.17) is 9.47 Å². The van der Waals surface area contributed by atoms with Crippen molar-refractivity contribution >= 4 is 17.6 Å². The smallest absolute Gasteiger partial charge is 0.338 e. The number of anilines is 1. The topological polar surface area (TPSA) is 64.6 Å². The Kier molecular flexibility index (Phi) is 5.36. The van der Waals surface area contributed by atoms with E-state index >= 15 is 0 Å². The zero-order chi connectivity index (χ0) is 16.8. The summed E-state index contributed by atoms with van der Waals surface area (Å²) in [4.78, 5) is 24.0. The van der Waals surface area contributed by atoms with Crippen molar-refractivity contribution < 1.29 is 19.1 Å². The molecule has 0 aliphatic carbocycles. The van der Waals surface area contributed by atoms with Gasteiger partial charge in [0.05, 0.1) is 18.4 Å². The Hall–Kier alpha value is -2.82. The molecule has 2 aromatic rings. The summed E-state index contributed by atoms with van der Waals surface area (Å²) in [6, 6.07) is 12.4. The van der Waals surface area contributed by atoms with Crippen molar-refractivity contribution in [3.8, 4) is 5.75 Å². The predicted octanol–water partition coefficient (Wildman–Crippen LogP) is 3.11. The lowest BCUT2D eigenvalue weighted by molar-refractivity contribution is -0.119. The van der Waals surface area contributed by atoms with Crippen molar-refractivity contribution in [2.45, 2.75) is 13.8 Å². The van der Waals surface area contributed by atoms with E-state index in [2.05, 4.69) is 5.32 Å². The van der Waals surface area contributed by atoms with Gasteiger partial charge in [-0.05, 0) is 43.2 Å². The van der Waals surface area contributed by atoms with Crippen LogP contribution < -0.4 is 10.1 Å². The lowest BCUT2D eigenvalue weighted by atomic mass is 10.0. The Balaban J connectivity index is 1.96. The maximum absolute atomic E-state index is 12.1. The van der Waals surface area contributed by atoms with E-state index in [0.717, 1.165) is 11.1 Å². The van der Waals surface area contributed by atoms with Crippen molar-refractivity contribution in [2.75, 3.05) is 19.0 Å². The van der Waals surface area contributed by atoms with Gasteiger partial charge in [-0.1, -0.05) is 24.3 Å². The second kappa shape index (κ2) is 7.45. The number of carbonyl (C=O) groups is 2. The number of carbonyl (C=O) groups excluding carboxylic acids is 2. The van der Waals surface area contributed by atoms with Gasteiger partial charge in [0.25, 0.3) is 5.91 Å². The van der Waals surface area contributed by atoms with Crippen LogP contribution in [0, 0.1) is 13.8 Å². The highest BCUT2D eigenvalue weighted by atomic mass is 16.5. The molecule has 0 saturated heterocycles. The zero-order valence-corrected chi connectivity index (χ0v) is 13.4. The number of hydrogen-bond acceptors (Lipinski definition) is 4. The van der Waals surface area contributed by atoms with Crippen LogP contribution in [0.2, 0.25) is 0 Å². The number of methoxy groups -OCH3 is 1. The van der Waals surface area contributed by atoms with E-state index < -0.39 is 11.9 Å². The molecule has 0 aromatic heterocycles. The average Bonchev–Trinajstić information content (AvgIpc) is 2.55. The van der Waals surface area contributed by atoms with Crippen LogP contribution in [0.5, 0.6) is 5.75 Å². The van der Waals surface area contributed by atoms with Crippen molar-refractivity contribution in [1.29, 1.82) is 0 Å². The summed E-state index contributed by atoms with van der Waals surface area (Å²) < 4.78 is 10.2. The molecule has 0 saturated carbocycles. The molecule has 0 unspecified atom stereocenters. The molecule has 0 spiro atoms. The van der Waals surface area contributed by atoms with Crippen molar-refractivity contribution in [3.05, 3.63) is 59.2 Å². The summed E-state index contributed by atoms with van der Waals surface area (Å²) in [6.45, 7) is 3.41. The Morgan fingerprint density at radius 1 is 1.04 bits per heavy atom. The third-order valence-corrected chi connectivity index (χ3v) is 3.54. The first-order valence-corrected chi connectivity index (χ1v) is 7.19. The van der Waals surface area contributed by atoms with Crippen LogP contribution in [0.25, 0.3) is 0 Å². The van der Waals surface area contributed by atoms with Gasteiger partial charge in [-0.2, -0.15) is 0 Å². The molecule has 2 aromatic carbocycles. The normalized spacial score (nSPS) is 10.0. The van der Waals surface area contributed by atoms with Gasteiger partial charge in [0.2, 0.25) is 0 Å². The van der Waals surface area contributed by atoms with Crippen molar-refractivity contribution in [3.63, 3.8) is 0 Å². The summed E-state index contributed by atoms with van der Waals surface area (Å²) in [5.41, 5.74) is 2.85. The highest BCUT2D eigenvalue weighted by Gasteiger charge is 2.14. The van der Waals surface area contributed by atoms with Gasteiger partial charge in [0, 0.05) is 0 Å². The SMILES string of the molecule is COc1ccccc1NC(=O)COC(=O)c1cccc(C)c1C. The van der Waals surface area contributed by atoms with E-state index in [-0.39, 0.29) is 6.61 Å². The molecular formula is C18H19NO4. The molecule has 5 heteroatoms. The van der Waals surface area contributed by atoms with Gasteiger partial charge < -0.3 is 14.8 Å². The summed E-state index contributed by atoms with van der Waals surface area (Å²) >= 11 is 0. The van der Waals surface area contributed by atoms with Gasteiger partial charge >= 0.3 is 5.97 Å². The Morgan fingerprint density at radius 3 is 2.52 bits per heavy atom. The molecule has 0 aliphatic heterocycles. The molecule has 1 N–H and O–H groups in total. The van der Waals surface area contributed by atoms with Crippen molar-refractivity contribution in [1.82, 2.24) is 0 Å². The third-order valence-electron chi connectivity index (χ3n) is 3.54. The molecule has 0 fully saturated rings. The lowest BCUT2D eigenvalue weighted by Gasteiger charge is -2.11. The maximum Gasteiger partial charge on any atom is 0.338 e. The fraction of sp³-hybridized carbons (Fsp3) is 0.222. The van der Waals surface area contributed by atoms with Gasteiger partial charge in [-0.3, -0.25) is 4.79 Å². The molecule has 0 atom stereocenters. The second-order valence-electron chi connectivity index (χ2n) is 5.07. The number of aryl methyl sites for hydroxylation is 1. The molecule has 0 bridgehead atoms. The molecule has 0 heterocycles. The minimum atomic E-state index is -0.513. The number of esters is 1. The number of ether oxygens (including phenoxy) is 2. The van der Waals surface area contributed by atoms with E-state index in [0.29, 0.717) is 17.0 Å². The first-order valence-electron chi connectivity index (χ1n) is 7.19. The molecule has 0 radical (unpaired) electrons. The quantitative estimate of drug-likeness (QED) is 0.861. The van der Waals surface area contributed by atoms with Gasteiger partial charge in [0.1, 0.15) is 5.75 Å². The van der Waals surface area contributed by atoms with Crippen LogP contribution in [0.4, 0.5) is 5.69 Å². The number of rotatable bonds is 5. The summed E-state index contributed by atoms with van der Waals surface area (Å²) in [5.74, 6) is -0.392. The fourth-order valence-electron chi connectivity index (χ4n) is 2.12. The number of benzene rings is 2. The maximum atomic E-state index is 12.1. The average molecular weight is 313 g/mol. The monoisotopic (exact) mass is 313 g/mol. The van der Waals surface area contributed by atoms with Gasteiger partial charge in [0.15, 0.2) is 6.61 Å². The molecule has 1 amide bonds. The highest BCUT2D eigenvalue weighted by molar-refractivity contribution is 5.96. The summed E-state index contributed by atoms with van der Waals surface area (Å²) in [6.07, 6.45) is 0. The molecule has 23 heavy (non-hydrogen) atoms. The first kappa shape index (κ1) is 16.5. The Morgan fingerprint density at radius 2 is 1.78 bits per heavy atom. The number of para-hydroxylation sites is 2. The van der Waals surface area contributed by atoms with Crippen LogP contribution in [0.1, 0.15) is 21.5 Å². The standard InChI is InChI=1S/C18H19NO4/c1-12-7-6-8-14(13(12)2)18(21)23-11-17(20)19-15-9-4-5-10-16(15)22-3/h4-10H,11H2,1-3H3,(H,19,20). The number of amides is 1. The van der Waals surface area contributed by atoms with Crippen LogP contribution in [-0.2, 0) is 9.53 Å². The Labute approximate surface area is 135 Å². The fourth-order valence-corrected chi connectivity index (χ4v) is 2.12. The largest absolute Gasteiger partial charge is 0.495 e. The van der Waals surface area contributed by atoms with Crippen LogP contribution in [0.15, 0.2) is 42.5 Å².